The summed E-state index contributed by atoms with van der Waals surface area (Å²) in [7, 11) is -3.47. The summed E-state index contributed by atoms with van der Waals surface area (Å²) in [6, 6.07) is 0. The third-order valence-electron chi connectivity index (χ3n) is 12.9. The van der Waals surface area contributed by atoms with Gasteiger partial charge in [0, 0.05) is 59.6 Å². The molecule has 4 rings (SSSR count). The summed E-state index contributed by atoms with van der Waals surface area (Å²) >= 11 is 0. The fourth-order valence-electron chi connectivity index (χ4n) is 10.7. The molecule has 0 heterocycles. The maximum absolute atomic E-state index is 11.6. The van der Waals surface area contributed by atoms with Crippen LogP contribution in [0.3, 0.4) is 0 Å². The van der Waals surface area contributed by atoms with Gasteiger partial charge < -0.3 is 14.2 Å². The largest absolute Gasteiger partial charge is 0.378 e. The van der Waals surface area contributed by atoms with E-state index in [2.05, 4.69) is 50.8 Å². The Morgan fingerprint density at radius 1 is 0.780 bits per heavy atom. The molecule has 4 saturated carbocycles. The maximum Gasteiger partial charge on any atom is 0.264 e. The van der Waals surface area contributed by atoms with E-state index < -0.39 is 10.1 Å². The molecule has 4 fully saturated rings. The minimum Gasteiger partial charge on any atom is -0.378 e. The number of ether oxygens (including phenoxy) is 3. The molecule has 11 atom stereocenters. The van der Waals surface area contributed by atoms with E-state index in [9.17, 15) is 8.42 Å². The highest BCUT2D eigenvalue weighted by Gasteiger charge is 2.66. The average Bonchev–Trinajstić information content (AvgIpc) is 3.44. The first kappa shape index (κ1) is 40.5. The minimum atomic E-state index is -3.47. The van der Waals surface area contributed by atoms with E-state index in [1.807, 2.05) is 0 Å². The topological polar surface area (TPSA) is 217 Å². The Morgan fingerprint density at radius 2 is 1.40 bits per heavy atom. The fraction of sp³-hybridized carbons (Fsp3) is 1.00. The van der Waals surface area contributed by atoms with Crippen LogP contribution in [-0.2, 0) is 28.5 Å². The molecule has 0 aromatic rings. The van der Waals surface area contributed by atoms with Crippen LogP contribution in [0, 0.1) is 46.3 Å². The van der Waals surface area contributed by atoms with E-state index in [1.165, 1.54) is 0 Å². The van der Waals surface area contributed by atoms with Crippen LogP contribution in [0.4, 0.5) is 0 Å². The van der Waals surface area contributed by atoms with Gasteiger partial charge in [0.2, 0.25) is 0 Å². The third kappa shape index (κ3) is 9.98. The van der Waals surface area contributed by atoms with Crippen LogP contribution in [0.2, 0.25) is 0 Å². The van der Waals surface area contributed by atoms with Gasteiger partial charge in [-0.3, -0.25) is 4.18 Å². The molecule has 282 valence electrons. The van der Waals surface area contributed by atoms with Crippen LogP contribution in [0.5, 0.6) is 0 Å². The Kier molecular flexibility index (Phi) is 15.4. The van der Waals surface area contributed by atoms with Gasteiger partial charge in [0.05, 0.1) is 31.2 Å². The van der Waals surface area contributed by atoms with Gasteiger partial charge in [-0.1, -0.05) is 36.1 Å². The second kappa shape index (κ2) is 19.0. The summed E-state index contributed by atoms with van der Waals surface area (Å²) in [5, 5.41) is 11.1. The highest BCUT2D eigenvalue weighted by molar-refractivity contribution is 7.85. The maximum atomic E-state index is 11.6. The molecule has 0 aromatic heterocycles. The number of rotatable bonds is 21. The van der Waals surface area contributed by atoms with Crippen molar-refractivity contribution in [2.45, 2.75) is 116 Å². The quantitative estimate of drug-likeness (QED) is 0.0371. The van der Waals surface area contributed by atoms with Crippen LogP contribution in [-0.4, -0.2) is 79.0 Å². The molecule has 0 amide bonds. The summed E-state index contributed by atoms with van der Waals surface area (Å²) < 4.78 is 48.3. The average molecular weight is 722 g/mol. The van der Waals surface area contributed by atoms with Crippen molar-refractivity contribution in [2.75, 3.05) is 52.3 Å². The summed E-state index contributed by atoms with van der Waals surface area (Å²) in [4.78, 5) is 8.70. The molecule has 0 radical (unpaired) electrons. The molecule has 15 nitrogen and oxygen atoms in total. The number of nitrogens with zero attached hydrogens (tertiary/aromatic N) is 9. The molecule has 0 N–H and O–H groups in total. The van der Waals surface area contributed by atoms with Gasteiger partial charge in [-0.05, 0) is 135 Å². The van der Waals surface area contributed by atoms with Gasteiger partial charge in [-0.25, -0.2) is 0 Å². The summed E-state index contributed by atoms with van der Waals surface area (Å²) in [6.45, 7) is 10.4. The van der Waals surface area contributed by atoms with Gasteiger partial charge in [-0.15, -0.1) is 0 Å². The second-order valence-corrected chi connectivity index (χ2v) is 17.3. The van der Waals surface area contributed by atoms with Crippen LogP contribution >= 0.6 is 0 Å². The lowest BCUT2D eigenvalue weighted by atomic mass is 9.43. The van der Waals surface area contributed by atoms with Crippen LogP contribution in [0.1, 0.15) is 97.8 Å². The molecule has 0 spiro atoms. The van der Waals surface area contributed by atoms with Gasteiger partial charge in [0.15, 0.2) is 0 Å². The first-order valence-electron chi connectivity index (χ1n) is 18.7. The first-order chi connectivity index (χ1) is 24.0. The Bertz CT molecular complexity index is 1350. The van der Waals surface area contributed by atoms with E-state index in [0.717, 1.165) is 57.6 Å². The van der Waals surface area contributed by atoms with Crippen LogP contribution in [0.25, 0.3) is 31.3 Å². The number of hydrogen-bond acceptors (Lipinski definition) is 9. The number of hydrogen-bond donors (Lipinski definition) is 0. The van der Waals surface area contributed by atoms with Crippen LogP contribution in [0.15, 0.2) is 15.3 Å². The number of fused-ring (bicyclic) bond motifs is 5. The smallest absolute Gasteiger partial charge is 0.264 e. The van der Waals surface area contributed by atoms with Crippen molar-refractivity contribution in [3.8, 4) is 0 Å². The molecular formula is C34H59N9O6S. The predicted octanol–water partition coefficient (Wildman–Crippen LogP) is 8.51. The molecule has 0 aliphatic heterocycles. The van der Waals surface area contributed by atoms with Crippen molar-refractivity contribution in [3.63, 3.8) is 0 Å². The van der Waals surface area contributed by atoms with Crippen molar-refractivity contribution in [3.05, 3.63) is 31.3 Å². The Balaban J connectivity index is 1.59. The van der Waals surface area contributed by atoms with Crippen molar-refractivity contribution in [1.82, 2.24) is 0 Å². The summed E-state index contributed by atoms with van der Waals surface area (Å²) in [5.41, 5.74) is 26.3. The molecule has 0 aromatic carbocycles. The normalized spacial score (nSPS) is 35.4. The Hall–Kier alpha value is -2.28. The van der Waals surface area contributed by atoms with Crippen molar-refractivity contribution in [2.24, 2.45) is 61.7 Å². The molecule has 50 heavy (non-hydrogen) atoms. The number of azide groups is 3. The van der Waals surface area contributed by atoms with E-state index >= 15 is 0 Å². The zero-order valence-corrected chi connectivity index (χ0v) is 31.3. The van der Waals surface area contributed by atoms with E-state index in [-0.39, 0.29) is 35.7 Å². The third-order valence-corrected chi connectivity index (χ3v) is 13.5. The van der Waals surface area contributed by atoms with Gasteiger partial charge in [0.25, 0.3) is 10.1 Å². The van der Waals surface area contributed by atoms with E-state index in [4.69, 9.17) is 35.0 Å². The Labute approximate surface area is 297 Å². The zero-order valence-electron chi connectivity index (χ0n) is 30.5. The lowest BCUT2D eigenvalue weighted by molar-refractivity contribution is -0.227. The lowest BCUT2D eigenvalue weighted by Gasteiger charge is -2.65. The highest BCUT2D eigenvalue weighted by atomic mass is 32.2. The van der Waals surface area contributed by atoms with Gasteiger partial charge >= 0.3 is 0 Å². The molecule has 0 bridgehead atoms. The van der Waals surface area contributed by atoms with Gasteiger partial charge in [0.1, 0.15) is 0 Å². The minimum absolute atomic E-state index is 0.0397. The highest BCUT2D eigenvalue weighted by Crippen LogP contribution is 2.69. The monoisotopic (exact) mass is 721 g/mol. The van der Waals surface area contributed by atoms with E-state index in [0.29, 0.717) is 101 Å². The zero-order chi connectivity index (χ0) is 36.2. The van der Waals surface area contributed by atoms with Crippen molar-refractivity contribution >= 4 is 10.1 Å². The summed E-state index contributed by atoms with van der Waals surface area (Å²) in [5.74, 6) is 2.38. The SMILES string of the molecule is C[C@H](CCCOS(C)(=O)=O)C1CC[C@H]2C3[C@H](OCCCN=[N+]=[N-])CC4C[C@H](OCCCN=[N+]=[N-])CCC4(C)[C@H]3C[C@H](OCCCN=[N+]=[N-])C12C. The molecule has 16 heteroatoms. The molecule has 4 aliphatic rings. The molecule has 4 aliphatic carbocycles. The lowest BCUT2D eigenvalue weighted by Crippen LogP contribution is -2.63. The van der Waals surface area contributed by atoms with Gasteiger partial charge in [-0.2, -0.15) is 8.42 Å². The standard InChI is InChI=1S/C34H59N9O6S/c1-24(9-5-20-49-50(4,44)45)27-10-11-28-32-29(23-31(34(27,28)3)48-19-8-16-40-43-37)33(2)13-12-26(46-17-6-14-38-41-35)21-25(33)22-30(32)47-18-7-15-39-42-36/h24-32H,5-23H2,1-4H3/t24-,25?,26-,27?,28+,29+,30-,31+,32?,33?,34?/m1/s1. The first-order valence-corrected chi connectivity index (χ1v) is 20.5. The van der Waals surface area contributed by atoms with E-state index in [1.54, 1.807) is 0 Å². The fourth-order valence-corrected chi connectivity index (χ4v) is 11.1. The Morgan fingerprint density at radius 3 is 2.02 bits per heavy atom. The predicted molar refractivity (Wildman–Crippen MR) is 190 cm³/mol. The summed E-state index contributed by atoms with van der Waals surface area (Å²) in [6.07, 6.45) is 12.2. The van der Waals surface area contributed by atoms with Crippen LogP contribution < -0.4 is 0 Å². The molecular weight excluding hydrogens is 662 g/mol. The molecule has 0 saturated heterocycles. The molecule has 5 unspecified atom stereocenters. The second-order valence-electron chi connectivity index (χ2n) is 15.6. The van der Waals surface area contributed by atoms with Crippen molar-refractivity contribution in [1.29, 1.82) is 0 Å². The van der Waals surface area contributed by atoms with Crippen molar-refractivity contribution < 1.29 is 26.8 Å².